The Morgan fingerprint density at radius 1 is 1.37 bits per heavy atom. The summed E-state index contributed by atoms with van der Waals surface area (Å²) in [6.45, 7) is 0.0351. The van der Waals surface area contributed by atoms with E-state index in [0.717, 1.165) is 18.6 Å². The highest BCUT2D eigenvalue weighted by atomic mass is 79.9. The number of nitrogens with one attached hydrogen (secondary N) is 1. The molecule has 3 rings (SSSR count). The Labute approximate surface area is 120 Å². The molecule has 0 saturated carbocycles. The predicted molar refractivity (Wildman–Crippen MR) is 76.9 cm³/mol. The second kappa shape index (κ2) is 5.49. The van der Waals surface area contributed by atoms with Crippen LogP contribution in [0.15, 0.2) is 45.5 Å². The number of benzene rings is 1. The predicted octanol–water partition coefficient (Wildman–Crippen LogP) is 3.35. The summed E-state index contributed by atoms with van der Waals surface area (Å²) in [5, 5.41) is 13.0. The summed E-state index contributed by atoms with van der Waals surface area (Å²) < 4.78 is 6.55. The molecule has 0 amide bonds. The Bertz CT molecular complexity index is 553. The Balaban J connectivity index is 1.81. The lowest BCUT2D eigenvalue weighted by Crippen LogP contribution is -2.27. The second-order valence-electron chi connectivity index (χ2n) is 4.82. The van der Waals surface area contributed by atoms with Gasteiger partial charge in [-0.15, -0.1) is 0 Å². The quantitative estimate of drug-likeness (QED) is 0.907. The van der Waals surface area contributed by atoms with Gasteiger partial charge in [-0.2, -0.15) is 0 Å². The summed E-state index contributed by atoms with van der Waals surface area (Å²) in [5.74, 6) is 0.783. The molecule has 1 aromatic heterocycles. The van der Waals surface area contributed by atoms with E-state index in [1.807, 2.05) is 12.1 Å². The molecule has 1 aliphatic carbocycles. The van der Waals surface area contributed by atoms with E-state index in [2.05, 4.69) is 39.4 Å². The standard InChI is InChI=1S/C15H16BrNO2/c16-12-4-1-3-11-10(12)6-7-13(11)17-14(9-18)15-5-2-8-19-15/h1-5,8,13-14,17-18H,6-7,9H2. The van der Waals surface area contributed by atoms with Gasteiger partial charge in [-0.3, -0.25) is 5.32 Å². The molecule has 0 aliphatic heterocycles. The zero-order chi connectivity index (χ0) is 13.2. The van der Waals surface area contributed by atoms with Gasteiger partial charge in [0.1, 0.15) is 5.76 Å². The number of fused-ring (bicyclic) bond motifs is 1. The lowest BCUT2D eigenvalue weighted by atomic mass is 10.1. The zero-order valence-corrected chi connectivity index (χ0v) is 12.1. The number of rotatable bonds is 4. The molecule has 100 valence electrons. The van der Waals surface area contributed by atoms with Gasteiger partial charge >= 0.3 is 0 Å². The highest BCUT2D eigenvalue weighted by Crippen LogP contribution is 2.36. The lowest BCUT2D eigenvalue weighted by molar-refractivity contribution is 0.214. The van der Waals surface area contributed by atoms with E-state index in [0.29, 0.717) is 0 Å². The molecule has 2 atom stereocenters. The number of furan rings is 1. The highest BCUT2D eigenvalue weighted by molar-refractivity contribution is 9.10. The smallest absolute Gasteiger partial charge is 0.123 e. The minimum atomic E-state index is -0.148. The number of hydrogen-bond acceptors (Lipinski definition) is 3. The molecular weight excluding hydrogens is 306 g/mol. The summed E-state index contributed by atoms with van der Waals surface area (Å²) in [7, 11) is 0. The molecular formula is C15H16BrNO2. The van der Waals surface area contributed by atoms with E-state index in [-0.39, 0.29) is 18.7 Å². The van der Waals surface area contributed by atoms with Crippen LogP contribution in [0.3, 0.4) is 0 Å². The van der Waals surface area contributed by atoms with Gasteiger partial charge in [-0.05, 0) is 42.2 Å². The molecule has 2 N–H and O–H groups in total. The maximum absolute atomic E-state index is 9.53. The van der Waals surface area contributed by atoms with E-state index in [9.17, 15) is 5.11 Å². The summed E-state index contributed by atoms with van der Waals surface area (Å²) in [6.07, 6.45) is 3.75. The normalized spacial score (nSPS) is 19.4. The van der Waals surface area contributed by atoms with Gasteiger partial charge in [-0.25, -0.2) is 0 Å². The summed E-state index contributed by atoms with van der Waals surface area (Å²) in [6, 6.07) is 10.2. The van der Waals surface area contributed by atoms with Crippen molar-refractivity contribution in [1.82, 2.24) is 5.32 Å². The van der Waals surface area contributed by atoms with Gasteiger partial charge < -0.3 is 9.52 Å². The molecule has 0 saturated heterocycles. The zero-order valence-electron chi connectivity index (χ0n) is 10.5. The van der Waals surface area contributed by atoms with Gasteiger partial charge in [0, 0.05) is 10.5 Å². The molecule has 1 aromatic carbocycles. The number of halogens is 1. The van der Waals surface area contributed by atoms with Gasteiger partial charge in [0.2, 0.25) is 0 Å². The molecule has 4 heteroatoms. The first-order valence-electron chi connectivity index (χ1n) is 6.47. The Hall–Kier alpha value is -1.10. The van der Waals surface area contributed by atoms with Crippen LogP contribution in [0.4, 0.5) is 0 Å². The van der Waals surface area contributed by atoms with E-state index in [1.165, 1.54) is 15.6 Å². The fraction of sp³-hybridized carbons (Fsp3) is 0.333. The van der Waals surface area contributed by atoms with Crippen LogP contribution < -0.4 is 5.32 Å². The van der Waals surface area contributed by atoms with Crippen molar-refractivity contribution in [2.75, 3.05) is 6.61 Å². The van der Waals surface area contributed by atoms with Crippen LogP contribution in [-0.2, 0) is 6.42 Å². The highest BCUT2D eigenvalue weighted by Gasteiger charge is 2.27. The Kier molecular flexibility index (Phi) is 3.73. The third-order valence-electron chi connectivity index (χ3n) is 3.69. The molecule has 0 bridgehead atoms. The number of aliphatic hydroxyl groups excluding tert-OH is 1. The molecule has 2 aromatic rings. The van der Waals surface area contributed by atoms with Gasteiger partial charge in [0.05, 0.1) is 18.9 Å². The van der Waals surface area contributed by atoms with Crippen molar-refractivity contribution in [2.45, 2.75) is 24.9 Å². The molecule has 1 heterocycles. The van der Waals surface area contributed by atoms with Gasteiger partial charge in [0.15, 0.2) is 0 Å². The van der Waals surface area contributed by atoms with Crippen LogP contribution in [0.5, 0.6) is 0 Å². The van der Waals surface area contributed by atoms with Crippen molar-refractivity contribution in [3.05, 3.63) is 58.0 Å². The van der Waals surface area contributed by atoms with Crippen LogP contribution in [0.2, 0.25) is 0 Å². The first-order valence-corrected chi connectivity index (χ1v) is 7.26. The Morgan fingerprint density at radius 2 is 2.26 bits per heavy atom. The van der Waals surface area contributed by atoms with Crippen molar-refractivity contribution in [2.24, 2.45) is 0 Å². The van der Waals surface area contributed by atoms with Crippen LogP contribution in [0.1, 0.15) is 35.4 Å². The average molecular weight is 322 g/mol. The Morgan fingerprint density at radius 3 is 3.00 bits per heavy atom. The van der Waals surface area contributed by atoms with E-state index < -0.39 is 0 Å². The summed E-state index contributed by atoms with van der Waals surface area (Å²) in [4.78, 5) is 0. The minimum absolute atomic E-state index is 0.0351. The number of aliphatic hydroxyl groups is 1. The summed E-state index contributed by atoms with van der Waals surface area (Å²) >= 11 is 3.60. The topological polar surface area (TPSA) is 45.4 Å². The second-order valence-corrected chi connectivity index (χ2v) is 5.67. The fourth-order valence-electron chi connectivity index (χ4n) is 2.74. The molecule has 2 unspecified atom stereocenters. The maximum atomic E-state index is 9.53. The van der Waals surface area contributed by atoms with Crippen molar-refractivity contribution < 1.29 is 9.52 Å². The van der Waals surface area contributed by atoms with Gasteiger partial charge in [-0.1, -0.05) is 28.1 Å². The molecule has 0 spiro atoms. The van der Waals surface area contributed by atoms with E-state index in [1.54, 1.807) is 6.26 Å². The molecule has 0 radical (unpaired) electrons. The van der Waals surface area contributed by atoms with Crippen LogP contribution >= 0.6 is 15.9 Å². The van der Waals surface area contributed by atoms with E-state index in [4.69, 9.17) is 4.42 Å². The monoisotopic (exact) mass is 321 g/mol. The average Bonchev–Trinajstić information content (AvgIpc) is 3.06. The number of hydrogen-bond donors (Lipinski definition) is 2. The lowest BCUT2D eigenvalue weighted by Gasteiger charge is -2.20. The first-order chi connectivity index (χ1) is 9.29. The van der Waals surface area contributed by atoms with Crippen LogP contribution in [0.25, 0.3) is 0 Å². The third-order valence-corrected chi connectivity index (χ3v) is 4.43. The molecule has 1 aliphatic rings. The third kappa shape index (κ3) is 2.48. The van der Waals surface area contributed by atoms with Crippen molar-refractivity contribution in [3.8, 4) is 0 Å². The maximum Gasteiger partial charge on any atom is 0.123 e. The molecule has 19 heavy (non-hydrogen) atoms. The SMILES string of the molecule is OCC(NC1CCc2c(Br)cccc21)c1ccco1. The molecule has 0 fully saturated rings. The fourth-order valence-corrected chi connectivity index (χ4v) is 3.32. The van der Waals surface area contributed by atoms with Crippen LogP contribution in [0, 0.1) is 0 Å². The minimum Gasteiger partial charge on any atom is -0.468 e. The largest absolute Gasteiger partial charge is 0.468 e. The van der Waals surface area contributed by atoms with Crippen LogP contribution in [-0.4, -0.2) is 11.7 Å². The van der Waals surface area contributed by atoms with Crippen molar-refractivity contribution in [3.63, 3.8) is 0 Å². The molecule has 3 nitrogen and oxygen atoms in total. The van der Waals surface area contributed by atoms with Crippen molar-refractivity contribution in [1.29, 1.82) is 0 Å². The van der Waals surface area contributed by atoms with Gasteiger partial charge in [0.25, 0.3) is 0 Å². The summed E-state index contributed by atoms with van der Waals surface area (Å²) in [5.41, 5.74) is 2.69. The van der Waals surface area contributed by atoms with E-state index >= 15 is 0 Å². The first kappa shape index (κ1) is 12.9. The van der Waals surface area contributed by atoms with Crippen molar-refractivity contribution >= 4 is 15.9 Å².